The summed E-state index contributed by atoms with van der Waals surface area (Å²) in [5, 5.41) is 5.01. The third-order valence-electron chi connectivity index (χ3n) is 3.80. The number of hydrogen-bond acceptors (Lipinski definition) is 3. The van der Waals surface area contributed by atoms with E-state index in [2.05, 4.69) is 5.32 Å². The maximum absolute atomic E-state index is 13.3. The molecule has 0 radical (unpaired) electrons. The molecule has 0 aliphatic heterocycles. The van der Waals surface area contributed by atoms with Gasteiger partial charge in [0.25, 0.3) is 0 Å². The maximum Gasteiger partial charge on any atom is 0.231 e. The van der Waals surface area contributed by atoms with Gasteiger partial charge >= 0.3 is 0 Å². The quantitative estimate of drug-likeness (QED) is 0.577. The van der Waals surface area contributed by atoms with E-state index in [4.69, 9.17) is 0 Å². The van der Waals surface area contributed by atoms with E-state index in [1.54, 1.807) is 11.3 Å². The second kappa shape index (κ2) is 8.47. The Morgan fingerprint density at radius 1 is 1.12 bits per heavy atom. The van der Waals surface area contributed by atoms with Gasteiger partial charge in [-0.1, -0.05) is 35.9 Å². The van der Waals surface area contributed by atoms with Gasteiger partial charge < -0.3 is 5.32 Å². The normalized spacial score (nSPS) is 12.0. The van der Waals surface area contributed by atoms with E-state index in [1.165, 1.54) is 17.8 Å². The third-order valence-corrected chi connectivity index (χ3v) is 5.74. The third kappa shape index (κ3) is 4.71. The van der Waals surface area contributed by atoms with Crippen molar-refractivity contribution in [2.75, 3.05) is 5.75 Å². The van der Waals surface area contributed by atoms with Crippen LogP contribution >= 0.6 is 23.1 Å². The summed E-state index contributed by atoms with van der Waals surface area (Å²) >= 11 is 2.75. The van der Waals surface area contributed by atoms with Gasteiger partial charge in [-0.3, -0.25) is 4.79 Å². The number of amides is 1. The van der Waals surface area contributed by atoms with Crippen LogP contribution in [0.3, 0.4) is 0 Å². The van der Waals surface area contributed by atoms with Crippen molar-refractivity contribution in [3.05, 3.63) is 87.6 Å². The van der Waals surface area contributed by atoms with Crippen LogP contribution in [-0.4, -0.2) is 11.7 Å². The van der Waals surface area contributed by atoms with Crippen LogP contribution in [0.25, 0.3) is 0 Å². The zero-order chi connectivity index (χ0) is 18.5. The first-order valence-electron chi connectivity index (χ1n) is 8.00. The van der Waals surface area contributed by atoms with Crippen molar-refractivity contribution in [3.63, 3.8) is 0 Å². The van der Waals surface area contributed by atoms with Crippen LogP contribution < -0.4 is 5.32 Å². The summed E-state index contributed by atoms with van der Waals surface area (Å²) in [6.45, 7) is 2.01. The molecule has 2 aromatic carbocycles. The lowest BCUT2D eigenvalue weighted by atomic mass is 10.0. The first-order valence-corrected chi connectivity index (χ1v) is 9.86. The number of thioether (sulfide) groups is 1. The van der Waals surface area contributed by atoms with Crippen LogP contribution in [0.4, 0.5) is 8.78 Å². The van der Waals surface area contributed by atoms with Crippen LogP contribution in [0.5, 0.6) is 0 Å². The zero-order valence-corrected chi connectivity index (χ0v) is 15.7. The van der Waals surface area contributed by atoms with E-state index in [9.17, 15) is 13.6 Å². The van der Waals surface area contributed by atoms with Crippen LogP contribution in [0.1, 0.15) is 22.0 Å². The molecule has 1 aromatic heterocycles. The number of benzene rings is 2. The minimum atomic E-state index is -0.911. The molecule has 0 saturated heterocycles. The van der Waals surface area contributed by atoms with Gasteiger partial charge in [0.05, 0.1) is 11.8 Å². The van der Waals surface area contributed by atoms with Crippen LogP contribution in [0, 0.1) is 18.6 Å². The molecule has 0 saturated carbocycles. The van der Waals surface area contributed by atoms with Crippen molar-refractivity contribution in [2.24, 2.45) is 0 Å². The summed E-state index contributed by atoms with van der Waals surface area (Å²) in [5.74, 6) is -1.85. The van der Waals surface area contributed by atoms with Crippen molar-refractivity contribution >= 4 is 29.0 Å². The van der Waals surface area contributed by atoms with E-state index in [0.717, 1.165) is 28.1 Å². The minimum absolute atomic E-state index is 0.124. The van der Waals surface area contributed by atoms with Gasteiger partial charge in [0.1, 0.15) is 0 Å². The summed E-state index contributed by atoms with van der Waals surface area (Å²) in [4.78, 5) is 14.0. The van der Waals surface area contributed by atoms with Crippen molar-refractivity contribution in [3.8, 4) is 0 Å². The monoisotopic (exact) mass is 389 g/mol. The highest BCUT2D eigenvalue weighted by molar-refractivity contribution is 8.00. The predicted octanol–water partition coefficient (Wildman–Crippen LogP) is 5.33. The van der Waals surface area contributed by atoms with Crippen molar-refractivity contribution < 1.29 is 13.6 Å². The Morgan fingerprint density at radius 3 is 2.54 bits per heavy atom. The van der Waals surface area contributed by atoms with Gasteiger partial charge in [0, 0.05) is 9.77 Å². The second-order valence-corrected chi connectivity index (χ2v) is 7.82. The molecular formula is C20H17F2NOS2. The molecule has 1 amide bonds. The fourth-order valence-corrected chi connectivity index (χ4v) is 3.99. The van der Waals surface area contributed by atoms with Crippen LogP contribution in [-0.2, 0) is 4.79 Å². The highest BCUT2D eigenvalue weighted by Crippen LogP contribution is 2.27. The molecular weight excluding hydrogens is 372 g/mol. The molecule has 1 N–H and O–H groups in total. The number of rotatable bonds is 6. The average Bonchev–Trinajstić information content (AvgIpc) is 3.16. The van der Waals surface area contributed by atoms with Crippen LogP contribution in [0.15, 0.2) is 64.9 Å². The van der Waals surface area contributed by atoms with Gasteiger partial charge in [-0.2, -0.15) is 0 Å². The summed E-state index contributed by atoms with van der Waals surface area (Å²) in [5.41, 5.74) is 2.16. The summed E-state index contributed by atoms with van der Waals surface area (Å²) < 4.78 is 26.2. The number of carbonyl (C=O) groups is 1. The van der Waals surface area contributed by atoms with Crippen molar-refractivity contribution in [1.29, 1.82) is 0 Å². The molecule has 6 heteroatoms. The molecule has 0 fully saturated rings. The average molecular weight is 389 g/mol. The number of aryl methyl sites for hydroxylation is 1. The molecule has 0 aliphatic rings. The number of carbonyl (C=O) groups excluding carboxylic acids is 1. The predicted molar refractivity (Wildman–Crippen MR) is 103 cm³/mol. The molecule has 0 bridgehead atoms. The van der Waals surface area contributed by atoms with Gasteiger partial charge in [-0.25, -0.2) is 8.78 Å². The van der Waals surface area contributed by atoms with E-state index in [1.807, 2.05) is 48.7 Å². The highest BCUT2D eigenvalue weighted by atomic mass is 32.2. The first-order chi connectivity index (χ1) is 12.5. The SMILES string of the molecule is Cc1ccc(C(NC(=O)CSc2ccc(F)c(F)c2)c2cccs2)cc1. The Labute approximate surface area is 159 Å². The smallest absolute Gasteiger partial charge is 0.231 e. The molecule has 1 unspecified atom stereocenters. The highest BCUT2D eigenvalue weighted by Gasteiger charge is 2.18. The Balaban J connectivity index is 1.69. The molecule has 0 aliphatic carbocycles. The van der Waals surface area contributed by atoms with Gasteiger partial charge in [0.2, 0.25) is 5.91 Å². The topological polar surface area (TPSA) is 29.1 Å². The number of halogens is 2. The summed E-state index contributed by atoms with van der Waals surface area (Å²) in [6.07, 6.45) is 0. The molecule has 2 nitrogen and oxygen atoms in total. The summed E-state index contributed by atoms with van der Waals surface area (Å²) in [6, 6.07) is 15.4. The second-order valence-electron chi connectivity index (χ2n) is 5.79. The van der Waals surface area contributed by atoms with Crippen molar-refractivity contribution in [1.82, 2.24) is 5.32 Å². The first kappa shape index (κ1) is 18.6. The summed E-state index contributed by atoms with van der Waals surface area (Å²) in [7, 11) is 0. The number of thiophene rings is 1. The lowest BCUT2D eigenvalue weighted by Gasteiger charge is -2.18. The standard InChI is InChI=1S/C20H17F2NOS2/c1-13-4-6-14(7-5-13)20(18-3-2-10-25-18)23-19(24)12-26-15-8-9-16(21)17(22)11-15/h2-11,20H,12H2,1H3,(H,23,24). The van der Waals surface area contributed by atoms with Gasteiger partial charge in [-0.05, 0) is 42.1 Å². The van der Waals surface area contributed by atoms with E-state index < -0.39 is 11.6 Å². The molecule has 0 spiro atoms. The molecule has 3 rings (SSSR count). The van der Waals surface area contributed by atoms with Gasteiger partial charge in [0.15, 0.2) is 11.6 Å². The number of hydrogen-bond donors (Lipinski definition) is 1. The fraction of sp³-hybridized carbons (Fsp3) is 0.150. The number of nitrogens with one attached hydrogen (secondary N) is 1. The Hall–Kier alpha value is -2.18. The van der Waals surface area contributed by atoms with E-state index >= 15 is 0 Å². The fourth-order valence-electron chi connectivity index (χ4n) is 2.45. The molecule has 26 heavy (non-hydrogen) atoms. The molecule has 134 valence electrons. The van der Waals surface area contributed by atoms with Crippen molar-refractivity contribution in [2.45, 2.75) is 17.9 Å². The molecule has 1 heterocycles. The van der Waals surface area contributed by atoms with Gasteiger partial charge in [-0.15, -0.1) is 23.1 Å². The van der Waals surface area contributed by atoms with E-state index in [0.29, 0.717) is 4.90 Å². The Kier molecular flexibility index (Phi) is 6.06. The zero-order valence-electron chi connectivity index (χ0n) is 14.0. The largest absolute Gasteiger partial charge is 0.344 e. The van der Waals surface area contributed by atoms with Crippen LogP contribution in [0.2, 0.25) is 0 Å². The molecule has 3 aromatic rings. The Morgan fingerprint density at radius 2 is 1.88 bits per heavy atom. The Bertz CT molecular complexity index is 879. The van der Waals surface area contributed by atoms with E-state index in [-0.39, 0.29) is 17.7 Å². The maximum atomic E-state index is 13.3. The minimum Gasteiger partial charge on any atom is -0.344 e. The molecule has 1 atom stereocenters. The lowest BCUT2D eigenvalue weighted by Crippen LogP contribution is -2.30. The lowest BCUT2D eigenvalue weighted by molar-refractivity contribution is -0.119.